The summed E-state index contributed by atoms with van der Waals surface area (Å²) in [7, 11) is 4.67. The summed E-state index contributed by atoms with van der Waals surface area (Å²) in [6, 6.07) is 5.12. The average Bonchev–Trinajstić information content (AvgIpc) is 3.02. The topological polar surface area (TPSA) is 62.6 Å². The molecule has 1 aliphatic rings. The third kappa shape index (κ3) is 2.41. The molecule has 0 spiro atoms. The number of rotatable bonds is 4. The third-order valence-electron chi connectivity index (χ3n) is 3.48. The molecule has 1 aromatic carbocycles. The van der Waals surface area contributed by atoms with Gasteiger partial charge in [-0.3, -0.25) is 9.36 Å². The summed E-state index contributed by atoms with van der Waals surface area (Å²) in [5.41, 5.74) is 1.31. The van der Waals surface area contributed by atoms with Gasteiger partial charge in [0.25, 0.3) is 5.56 Å². The Morgan fingerprint density at radius 1 is 1.09 bits per heavy atom. The molecule has 0 bridgehead atoms. The number of aromatic nitrogens is 2. The van der Waals surface area contributed by atoms with Gasteiger partial charge in [-0.1, -0.05) is 11.8 Å². The Bertz CT molecular complexity index is 748. The number of methoxy groups -OCH3 is 3. The van der Waals surface area contributed by atoms with Gasteiger partial charge in [-0.05, 0) is 12.1 Å². The van der Waals surface area contributed by atoms with Crippen LogP contribution >= 0.6 is 11.8 Å². The summed E-state index contributed by atoms with van der Waals surface area (Å²) < 4.78 is 17.7. The second kappa shape index (κ2) is 5.92. The van der Waals surface area contributed by atoms with E-state index in [0.29, 0.717) is 29.5 Å². The summed E-state index contributed by atoms with van der Waals surface area (Å²) >= 11 is 1.58. The third-order valence-corrected chi connectivity index (χ3v) is 4.44. The molecule has 0 N–H and O–H groups in total. The lowest BCUT2D eigenvalue weighted by Gasteiger charge is -2.14. The molecule has 0 atom stereocenters. The van der Waals surface area contributed by atoms with Crippen LogP contribution in [0.15, 0.2) is 28.2 Å². The van der Waals surface area contributed by atoms with Crippen molar-refractivity contribution in [2.24, 2.45) is 0 Å². The molecule has 7 heteroatoms. The van der Waals surface area contributed by atoms with Crippen molar-refractivity contribution in [1.29, 1.82) is 0 Å². The molecule has 116 valence electrons. The first kappa shape index (κ1) is 14.8. The monoisotopic (exact) mass is 320 g/mol. The number of thioether (sulfide) groups is 1. The van der Waals surface area contributed by atoms with E-state index in [2.05, 4.69) is 4.98 Å². The zero-order valence-corrected chi connectivity index (χ0v) is 13.4. The van der Waals surface area contributed by atoms with Crippen LogP contribution in [0.5, 0.6) is 17.2 Å². The first-order chi connectivity index (χ1) is 10.7. The zero-order valence-electron chi connectivity index (χ0n) is 12.6. The van der Waals surface area contributed by atoms with Crippen LogP contribution in [-0.4, -0.2) is 36.6 Å². The minimum Gasteiger partial charge on any atom is -0.493 e. The minimum absolute atomic E-state index is 0.0428. The molecule has 1 aromatic heterocycles. The van der Waals surface area contributed by atoms with Crippen LogP contribution in [0.2, 0.25) is 0 Å². The smallest absolute Gasteiger partial charge is 0.254 e. The van der Waals surface area contributed by atoms with Crippen molar-refractivity contribution in [2.45, 2.75) is 11.7 Å². The first-order valence-electron chi connectivity index (χ1n) is 6.73. The standard InChI is InChI=1S/C15H16N2O4S/c1-19-11-6-9(7-12(20-2)14(11)21-3)10-8-13(18)17-4-5-22-15(17)16-10/h6-8H,4-5H2,1-3H3. The maximum absolute atomic E-state index is 12.2. The largest absolute Gasteiger partial charge is 0.493 e. The van der Waals surface area contributed by atoms with Crippen molar-refractivity contribution in [1.82, 2.24) is 9.55 Å². The maximum Gasteiger partial charge on any atom is 0.254 e. The normalized spacial score (nSPS) is 12.9. The predicted molar refractivity (Wildman–Crippen MR) is 84.3 cm³/mol. The van der Waals surface area contributed by atoms with Crippen molar-refractivity contribution < 1.29 is 14.2 Å². The highest BCUT2D eigenvalue weighted by atomic mass is 32.2. The van der Waals surface area contributed by atoms with Gasteiger partial charge in [-0.2, -0.15) is 0 Å². The first-order valence-corrected chi connectivity index (χ1v) is 7.71. The van der Waals surface area contributed by atoms with Crippen molar-refractivity contribution in [3.8, 4) is 28.5 Å². The van der Waals surface area contributed by atoms with Gasteiger partial charge < -0.3 is 14.2 Å². The summed E-state index contributed by atoms with van der Waals surface area (Å²) in [4.78, 5) is 16.7. The Hall–Kier alpha value is -2.15. The molecule has 2 aromatic rings. The lowest BCUT2D eigenvalue weighted by molar-refractivity contribution is 0.324. The molecular weight excluding hydrogens is 304 g/mol. The van der Waals surface area contributed by atoms with E-state index >= 15 is 0 Å². The van der Waals surface area contributed by atoms with Crippen molar-refractivity contribution >= 4 is 11.8 Å². The van der Waals surface area contributed by atoms with Crippen LogP contribution in [-0.2, 0) is 6.54 Å². The van der Waals surface area contributed by atoms with Crippen LogP contribution in [0.25, 0.3) is 11.3 Å². The van der Waals surface area contributed by atoms with E-state index in [-0.39, 0.29) is 5.56 Å². The highest BCUT2D eigenvalue weighted by molar-refractivity contribution is 7.99. The number of fused-ring (bicyclic) bond motifs is 1. The molecule has 3 rings (SSSR count). The molecule has 22 heavy (non-hydrogen) atoms. The van der Waals surface area contributed by atoms with Crippen LogP contribution < -0.4 is 19.8 Å². The predicted octanol–water partition coefficient (Wildman–Crippen LogP) is 2.04. The minimum atomic E-state index is -0.0428. The fraction of sp³-hybridized carbons (Fsp3) is 0.333. The Kier molecular flexibility index (Phi) is 3.98. The summed E-state index contributed by atoms with van der Waals surface area (Å²) in [6.45, 7) is 0.710. The fourth-order valence-corrected chi connectivity index (χ4v) is 3.36. The Morgan fingerprint density at radius 2 is 1.77 bits per heavy atom. The van der Waals surface area contributed by atoms with Gasteiger partial charge in [0.2, 0.25) is 5.75 Å². The van der Waals surface area contributed by atoms with Crippen molar-refractivity contribution in [3.63, 3.8) is 0 Å². The number of hydrogen-bond donors (Lipinski definition) is 0. The molecule has 0 saturated carbocycles. The van der Waals surface area contributed by atoms with Crippen LogP contribution in [0.3, 0.4) is 0 Å². The Balaban J connectivity index is 2.16. The molecule has 0 saturated heterocycles. The number of ether oxygens (including phenoxy) is 3. The second-order valence-corrected chi connectivity index (χ2v) is 5.74. The van der Waals surface area contributed by atoms with Gasteiger partial charge >= 0.3 is 0 Å². The number of nitrogens with zero attached hydrogens (tertiary/aromatic N) is 2. The Morgan fingerprint density at radius 3 is 2.36 bits per heavy atom. The van der Waals surface area contributed by atoms with Gasteiger partial charge in [0.15, 0.2) is 16.7 Å². The maximum atomic E-state index is 12.2. The molecule has 0 unspecified atom stereocenters. The average molecular weight is 320 g/mol. The molecule has 2 heterocycles. The molecule has 0 amide bonds. The lowest BCUT2D eigenvalue weighted by atomic mass is 10.1. The van der Waals surface area contributed by atoms with Crippen molar-refractivity contribution in [2.75, 3.05) is 27.1 Å². The molecule has 0 aliphatic carbocycles. The molecular formula is C15H16N2O4S. The van der Waals surface area contributed by atoms with E-state index < -0.39 is 0 Å². The SMILES string of the molecule is COc1cc(-c2cc(=O)n3c(n2)SCC3)cc(OC)c1OC. The van der Waals surface area contributed by atoms with Crippen molar-refractivity contribution in [3.05, 3.63) is 28.6 Å². The van der Waals surface area contributed by atoms with E-state index in [1.54, 1.807) is 49.8 Å². The quantitative estimate of drug-likeness (QED) is 0.804. The highest BCUT2D eigenvalue weighted by Crippen LogP contribution is 2.40. The lowest BCUT2D eigenvalue weighted by Crippen LogP contribution is -2.19. The second-order valence-electron chi connectivity index (χ2n) is 4.68. The number of benzene rings is 1. The van der Waals surface area contributed by atoms with Crippen LogP contribution in [0.4, 0.5) is 0 Å². The summed E-state index contributed by atoms with van der Waals surface area (Å²) in [5.74, 6) is 2.46. The van der Waals surface area contributed by atoms with Gasteiger partial charge in [-0.15, -0.1) is 0 Å². The van der Waals surface area contributed by atoms with Gasteiger partial charge in [0.1, 0.15) is 0 Å². The van der Waals surface area contributed by atoms with E-state index in [9.17, 15) is 4.79 Å². The zero-order chi connectivity index (χ0) is 15.7. The fourth-order valence-electron chi connectivity index (χ4n) is 2.41. The van der Waals surface area contributed by atoms with Gasteiger partial charge in [0.05, 0.1) is 27.0 Å². The summed E-state index contributed by atoms with van der Waals surface area (Å²) in [6.07, 6.45) is 0. The molecule has 6 nitrogen and oxygen atoms in total. The highest BCUT2D eigenvalue weighted by Gasteiger charge is 2.19. The van der Waals surface area contributed by atoms with E-state index in [1.165, 1.54) is 6.07 Å². The summed E-state index contributed by atoms with van der Waals surface area (Å²) in [5, 5.41) is 0.747. The van der Waals surface area contributed by atoms with E-state index in [4.69, 9.17) is 14.2 Å². The molecule has 0 fully saturated rings. The molecule has 1 aliphatic heterocycles. The van der Waals surface area contributed by atoms with Crippen LogP contribution in [0.1, 0.15) is 0 Å². The van der Waals surface area contributed by atoms with E-state index in [1.807, 2.05) is 0 Å². The van der Waals surface area contributed by atoms with Gasteiger partial charge in [0, 0.05) is 23.9 Å². The number of hydrogen-bond acceptors (Lipinski definition) is 6. The van der Waals surface area contributed by atoms with Gasteiger partial charge in [-0.25, -0.2) is 4.98 Å². The molecule has 0 radical (unpaired) electrons. The van der Waals surface area contributed by atoms with Crippen LogP contribution in [0, 0.1) is 0 Å². The Labute approximate surface area is 132 Å². The van der Waals surface area contributed by atoms with E-state index in [0.717, 1.165) is 16.5 Å².